The molecular weight excluding hydrogens is 458 g/mol. The van der Waals surface area contributed by atoms with Crippen molar-refractivity contribution in [1.29, 1.82) is 0 Å². The molecule has 10 nitrogen and oxygen atoms in total. The van der Waals surface area contributed by atoms with Crippen LogP contribution >= 0.6 is 0 Å². The molecule has 36 heavy (non-hydrogen) atoms. The Morgan fingerprint density at radius 3 is 2.44 bits per heavy atom. The highest BCUT2D eigenvalue weighted by atomic mass is 16.4. The molecule has 3 aromatic heterocycles. The van der Waals surface area contributed by atoms with Crippen LogP contribution in [0.5, 0.6) is 0 Å². The third-order valence-electron chi connectivity index (χ3n) is 5.95. The molecular formula is C26H31N7O3. The molecule has 188 valence electrons. The molecule has 1 atom stereocenters. The van der Waals surface area contributed by atoms with E-state index in [0.717, 1.165) is 36.1 Å². The van der Waals surface area contributed by atoms with Gasteiger partial charge >= 0.3 is 0 Å². The normalized spacial score (nSPS) is 11.9. The Labute approximate surface area is 209 Å². The lowest BCUT2D eigenvalue weighted by Crippen LogP contribution is -2.28. The molecule has 2 amide bonds. The van der Waals surface area contributed by atoms with E-state index < -0.39 is 6.04 Å². The highest BCUT2D eigenvalue weighted by Crippen LogP contribution is 2.28. The fourth-order valence-electron chi connectivity index (χ4n) is 3.93. The fraction of sp³-hybridized carbons (Fsp3) is 0.346. The Kier molecular flexibility index (Phi) is 7.94. The summed E-state index contributed by atoms with van der Waals surface area (Å²) in [5.74, 6) is 0.862. The zero-order valence-corrected chi connectivity index (χ0v) is 20.8. The third-order valence-corrected chi connectivity index (χ3v) is 5.95. The molecule has 0 aliphatic rings. The van der Waals surface area contributed by atoms with Crippen LogP contribution < -0.4 is 10.6 Å². The molecule has 2 N–H and O–H groups in total. The Bertz CT molecular complexity index is 1300. The molecule has 0 bridgehead atoms. The lowest BCUT2D eigenvalue weighted by Gasteiger charge is -2.15. The number of hydrogen-bond donors (Lipinski definition) is 2. The van der Waals surface area contributed by atoms with Crippen molar-refractivity contribution < 1.29 is 14.0 Å². The van der Waals surface area contributed by atoms with Gasteiger partial charge < -0.3 is 15.1 Å². The van der Waals surface area contributed by atoms with Gasteiger partial charge in [-0.15, -0.1) is 0 Å². The summed E-state index contributed by atoms with van der Waals surface area (Å²) in [5, 5.41) is 14.2. The van der Waals surface area contributed by atoms with Gasteiger partial charge in [0.05, 0.1) is 23.7 Å². The number of aryl methyl sites for hydroxylation is 2. The first kappa shape index (κ1) is 24.9. The number of rotatable bonds is 11. The van der Waals surface area contributed by atoms with Crippen molar-refractivity contribution in [1.82, 2.24) is 35.2 Å². The molecule has 10 heteroatoms. The number of oxazole rings is 1. The van der Waals surface area contributed by atoms with E-state index in [-0.39, 0.29) is 11.8 Å². The van der Waals surface area contributed by atoms with Gasteiger partial charge in [0.15, 0.2) is 5.76 Å². The summed E-state index contributed by atoms with van der Waals surface area (Å²) in [4.78, 5) is 28.8. The number of nitrogens with zero attached hydrogens (tertiary/aromatic N) is 5. The molecule has 0 aliphatic carbocycles. The summed E-state index contributed by atoms with van der Waals surface area (Å²) < 4.78 is 9.46. The average Bonchev–Trinajstić information content (AvgIpc) is 3.64. The zero-order valence-electron chi connectivity index (χ0n) is 20.8. The number of benzene rings is 1. The van der Waals surface area contributed by atoms with Crippen LogP contribution in [0.25, 0.3) is 22.6 Å². The van der Waals surface area contributed by atoms with Crippen LogP contribution in [0.3, 0.4) is 0 Å². The Morgan fingerprint density at radius 1 is 1.00 bits per heavy atom. The second-order valence-corrected chi connectivity index (χ2v) is 8.72. The Balaban J connectivity index is 1.46. The standard InChI is InChI=1S/C26H31N7O3/c1-27-24(34)8-6-4-5-7-22(30-25(35)20-15-29-33(3)17-20)26-28-16-23(36-26)19-11-9-18(10-12-19)21-13-14-32(2)31-21/h9-17,22H,4-8H2,1-3H3,(H,27,34)(H,30,35)/t22-/m0/s1. The summed E-state index contributed by atoms with van der Waals surface area (Å²) in [7, 11) is 5.29. The number of aromatic nitrogens is 5. The predicted molar refractivity (Wildman–Crippen MR) is 135 cm³/mol. The number of unbranched alkanes of at least 4 members (excludes halogenated alkanes) is 2. The van der Waals surface area contributed by atoms with Crippen molar-refractivity contribution >= 4 is 11.8 Å². The smallest absolute Gasteiger partial charge is 0.255 e. The minimum absolute atomic E-state index is 0.0304. The SMILES string of the molecule is CNC(=O)CCCCC[C@H](NC(=O)c1cnn(C)c1)c1ncc(-c2ccc(-c3ccn(C)n3)cc2)o1. The quantitative estimate of drug-likeness (QED) is 0.310. The van der Waals surface area contributed by atoms with E-state index in [1.54, 1.807) is 35.9 Å². The molecule has 0 aliphatic heterocycles. The summed E-state index contributed by atoms with van der Waals surface area (Å²) in [6, 6.07) is 9.49. The predicted octanol–water partition coefficient (Wildman–Crippen LogP) is 3.64. The van der Waals surface area contributed by atoms with Gasteiger partial charge in [-0.2, -0.15) is 10.2 Å². The average molecular weight is 490 g/mol. The lowest BCUT2D eigenvalue weighted by atomic mass is 10.1. The first-order valence-corrected chi connectivity index (χ1v) is 12.0. The second kappa shape index (κ2) is 11.5. The maximum Gasteiger partial charge on any atom is 0.255 e. The Morgan fingerprint density at radius 2 is 1.78 bits per heavy atom. The maximum absolute atomic E-state index is 12.8. The van der Waals surface area contributed by atoms with Crippen molar-refractivity contribution in [2.24, 2.45) is 14.1 Å². The summed E-state index contributed by atoms with van der Waals surface area (Å²) in [6.45, 7) is 0. The van der Waals surface area contributed by atoms with Crippen LogP contribution in [0.2, 0.25) is 0 Å². The molecule has 0 radical (unpaired) electrons. The number of carbonyl (C=O) groups is 2. The molecule has 1 aromatic carbocycles. The lowest BCUT2D eigenvalue weighted by molar-refractivity contribution is -0.120. The van der Waals surface area contributed by atoms with E-state index in [1.807, 2.05) is 43.6 Å². The highest BCUT2D eigenvalue weighted by Gasteiger charge is 2.22. The van der Waals surface area contributed by atoms with Crippen molar-refractivity contribution in [2.45, 2.75) is 38.1 Å². The molecule has 0 saturated heterocycles. The van der Waals surface area contributed by atoms with Crippen molar-refractivity contribution in [3.05, 3.63) is 66.6 Å². The third kappa shape index (κ3) is 6.26. The summed E-state index contributed by atoms with van der Waals surface area (Å²) >= 11 is 0. The number of nitrogens with one attached hydrogen (secondary N) is 2. The van der Waals surface area contributed by atoms with Crippen LogP contribution in [0.1, 0.15) is 54.4 Å². The van der Waals surface area contributed by atoms with Crippen LogP contribution in [0, 0.1) is 0 Å². The molecule has 4 aromatic rings. The van der Waals surface area contributed by atoms with Crippen LogP contribution in [-0.4, -0.2) is 43.4 Å². The van der Waals surface area contributed by atoms with E-state index in [0.29, 0.717) is 30.1 Å². The number of carbonyl (C=O) groups excluding carboxylic acids is 2. The van der Waals surface area contributed by atoms with E-state index in [2.05, 4.69) is 25.8 Å². The maximum atomic E-state index is 12.8. The van der Waals surface area contributed by atoms with Crippen LogP contribution in [0.4, 0.5) is 0 Å². The van der Waals surface area contributed by atoms with Gasteiger partial charge in [0.25, 0.3) is 5.91 Å². The molecule has 0 spiro atoms. The monoisotopic (exact) mass is 489 g/mol. The van der Waals surface area contributed by atoms with Crippen molar-refractivity contribution in [2.75, 3.05) is 7.05 Å². The molecule has 3 heterocycles. The van der Waals surface area contributed by atoms with Crippen LogP contribution in [-0.2, 0) is 18.9 Å². The highest BCUT2D eigenvalue weighted by molar-refractivity contribution is 5.93. The van der Waals surface area contributed by atoms with Gasteiger partial charge in [-0.3, -0.25) is 19.0 Å². The topological polar surface area (TPSA) is 120 Å². The van der Waals surface area contributed by atoms with Gasteiger partial charge in [0.2, 0.25) is 11.8 Å². The number of amides is 2. The van der Waals surface area contributed by atoms with Gasteiger partial charge in [-0.25, -0.2) is 4.98 Å². The summed E-state index contributed by atoms with van der Waals surface area (Å²) in [5.41, 5.74) is 3.27. The first-order chi connectivity index (χ1) is 17.4. The molecule has 0 unspecified atom stereocenters. The second-order valence-electron chi connectivity index (χ2n) is 8.72. The van der Waals surface area contributed by atoms with Crippen molar-refractivity contribution in [3.8, 4) is 22.6 Å². The number of hydrogen-bond acceptors (Lipinski definition) is 6. The fourth-order valence-corrected chi connectivity index (χ4v) is 3.93. The van der Waals surface area contributed by atoms with E-state index in [4.69, 9.17) is 4.42 Å². The molecule has 0 fully saturated rings. The molecule has 4 rings (SSSR count). The molecule has 0 saturated carbocycles. The summed E-state index contributed by atoms with van der Waals surface area (Å²) in [6.07, 6.45) is 10.4. The minimum atomic E-state index is -0.403. The van der Waals surface area contributed by atoms with Crippen LogP contribution in [0.15, 0.2) is 59.5 Å². The van der Waals surface area contributed by atoms with E-state index >= 15 is 0 Å². The van der Waals surface area contributed by atoms with E-state index in [9.17, 15) is 9.59 Å². The zero-order chi connectivity index (χ0) is 25.5. The van der Waals surface area contributed by atoms with Gasteiger partial charge in [-0.1, -0.05) is 37.1 Å². The van der Waals surface area contributed by atoms with Crippen molar-refractivity contribution in [3.63, 3.8) is 0 Å². The Hall–Kier alpha value is -4.21. The van der Waals surface area contributed by atoms with Gasteiger partial charge in [0, 0.05) is 51.1 Å². The largest absolute Gasteiger partial charge is 0.438 e. The minimum Gasteiger partial charge on any atom is -0.438 e. The van der Waals surface area contributed by atoms with Gasteiger partial charge in [0.1, 0.15) is 6.04 Å². The van der Waals surface area contributed by atoms with Gasteiger partial charge in [-0.05, 0) is 18.9 Å². The first-order valence-electron chi connectivity index (χ1n) is 12.0. The van der Waals surface area contributed by atoms with E-state index in [1.165, 1.54) is 6.20 Å².